The number of carboxylic acid groups (broad SMARTS) is 1. The molecule has 2 aromatic rings. The van der Waals surface area contributed by atoms with Crippen LogP contribution in [0.5, 0.6) is 0 Å². The summed E-state index contributed by atoms with van der Waals surface area (Å²) in [6.45, 7) is 0.813. The molecule has 2 N–H and O–H groups in total. The summed E-state index contributed by atoms with van der Waals surface area (Å²) in [5.74, 6) is -1.80. The van der Waals surface area contributed by atoms with Crippen LogP contribution in [-0.2, 0) is 36.4 Å². The Morgan fingerprint density at radius 1 is 1.02 bits per heavy atom. The van der Waals surface area contributed by atoms with Crippen LogP contribution in [0.3, 0.4) is 0 Å². The van der Waals surface area contributed by atoms with Crippen LogP contribution in [0.4, 0.5) is 9.18 Å². The number of aryl methyl sites for hydroxylation is 1. The van der Waals surface area contributed by atoms with E-state index in [2.05, 4.69) is 5.32 Å². The van der Waals surface area contributed by atoms with Gasteiger partial charge in [-0.2, -0.15) is 0 Å². The first kappa shape index (κ1) is 31.3. The second kappa shape index (κ2) is 16.8. The average Bonchev–Trinajstić information content (AvgIpc) is 3.45. The third kappa shape index (κ3) is 10.7. The quantitative estimate of drug-likeness (QED) is 0.209. The number of hydrogen-bond donors (Lipinski definition) is 2. The fraction of sp³-hybridized carbons (Fsp3) is 0.483. The maximum Gasteiger partial charge on any atom is 0.407 e. The van der Waals surface area contributed by atoms with Crippen molar-refractivity contribution in [2.24, 2.45) is 0 Å². The van der Waals surface area contributed by atoms with Crippen molar-refractivity contribution < 1.29 is 37.7 Å². The normalized spacial score (nSPS) is 16.3. The van der Waals surface area contributed by atoms with Gasteiger partial charge in [-0.3, -0.25) is 9.36 Å². The van der Waals surface area contributed by atoms with Crippen molar-refractivity contribution in [3.8, 4) is 0 Å². The third-order valence-electron chi connectivity index (χ3n) is 6.75. The van der Waals surface area contributed by atoms with E-state index in [1.54, 1.807) is 12.1 Å². The molecule has 1 saturated heterocycles. The zero-order chi connectivity index (χ0) is 28.7. The molecule has 0 aliphatic carbocycles. The van der Waals surface area contributed by atoms with Gasteiger partial charge in [0, 0.05) is 19.3 Å². The number of aliphatic carboxylic acids is 1. The highest BCUT2D eigenvalue weighted by Crippen LogP contribution is 2.30. The zero-order valence-corrected chi connectivity index (χ0v) is 23.6. The second-order valence-electron chi connectivity index (χ2n) is 9.82. The topological polar surface area (TPSA) is 122 Å². The predicted octanol–water partition coefficient (Wildman–Crippen LogP) is 5.18. The second-order valence-corrected chi connectivity index (χ2v) is 11.3. The highest BCUT2D eigenvalue weighted by molar-refractivity contribution is 7.39. The van der Waals surface area contributed by atoms with Crippen LogP contribution in [-0.4, -0.2) is 59.4 Å². The molecule has 11 heteroatoms. The summed E-state index contributed by atoms with van der Waals surface area (Å²) in [6.07, 6.45) is 3.08. The summed E-state index contributed by atoms with van der Waals surface area (Å²) in [5, 5.41) is 12.2. The number of carboxylic acids is 1. The van der Waals surface area contributed by atoms with Gasteiger partial charge in [-0.15, -0.1) is 0 Å². The number of amides is 2. The molecule has 3 rings (SSSR count). The van der Waals surface area contributed by atoms with Crippen LogP contribution >= 0.6 is 8.03 Å². The minimum Gasteiger partial charge on any atom is -0.480 e. The molecule has 3 atom stereocenters. The van der Waals surface area contributed by atoms with Crippen molar-refractivity contribution in [2.75, 3.05) is 19.3 Å². The zero-order valence-electron chi connectivity index (χ0n) is 22.6. The van der Waals surface area contributed by atoms with Crippen LogP contribution in [0.15, 0.2) is 54.6 Å². The number of carbonyl (C=O) groups excluding carboxylic acids is 2. The summed E-state index contributed by atoms with van der Waals surface area (Å²) in [7, 11) is -2.54. The van der Waals surface area contributed by atoms with E-state index in [1.165, 1.54) is 17.0 Å². The lowest BCUT2D eigenvalue weighted by atomic mass is 10.1. The fourth-order valence-electron chi connectivity index (χ4n) is 4.59. The van der Waals surface area contributed by atoms with Crippen LogP contribution in [0.25, 0.3) is 0 Å². The first-order valence-electron chi connectivity index (χ1n) is 13.7. The SMILES string of the molecule is O=C(NCCCC[C@H](O[PH](=O)CCCCc1ccc(F)cc1)C(=O)N1CCC[C@H]1C(=O)O)OCc1ccccc1. The largest absolute Gasteiger partial charge is 0.480 e. The first-order chi connectivity index (χ1) is 19.3. The molecule has 2 aromatic carbocycles. The molecule has 1 aliphatic heterocycles. The Morgan fingerprint density at radius 3 is 2.50 bits per heavy atom. The van der Waals surface area contributed by atoms with Crippen molar-refractivity contribution in [1.29, 1.82) is 0 Å². The van der Waals surface area contributed by atoms with Gasteiger partial charge in [-0.05, 0) is 74.6 Å². The molecule has 0 radical (unpaired) electrons. The molecule has 218 valence electrons. The number of benzene rings is 2. The number of likely N-dealkylation sites (tertiary alicyclic amines) is 1. The minimum absolute atomic E-state index is 0.163. The summed E-state index contributed by atoms with van der Waals surface area (Å²) < 4.78 is 36.7. The molecule has 0 aromatic heterocycles. The van der Waals surface area contributed by atoms with Gasteiger partial charge in [0.1, 0.15) is 24.6 Å². The van der Waals surface area contributed by atoms with Gasteiger partial charge in [0.05, 0.1) is 0 Å². The van der Waals surface area contributed by atoms with Crippen molar-refractivity contribution in [1.82, 2.24) is 10.2 Å². The van der Waals surface area contributed by atoms with Crippen LogP contribution in [0.1, 0.15) is 56.1 Å². The number of ether oxygens (including phenoxy) is 1. The number of alkyl carbamates (subject to hydrolysis) is 1. The number of rotatable bonds is 16. The number of hydrogen-bond acceptors (Lipinski definition) is 6. The Balaban J connectivity index is 1.43. The molecular weight excluding hydrogens is 538 g/mol. The molecule has 1 aliphatic rings. The molecule has 1 heterocycles. The highest BCUT2D eigenvalue weighted by atomic mass is 31.1. The summed E-state index contributed by atoms with van der Waals surface area (Å²) >= 11 is 0. The predicted molar refractivity (Wildman–Crippen MR) is 149 cm³/mol. The monoisotopic (exact) mass is 576 g/mol. The van der Waals surface area contributed by atoms with Gasteiger partial charge in [0.25, 0.3) is 5.91 Å². The van der Waals surface area contributed by atoms with E-state index in [-0.39, 0.29) is 18.8 Å². The van der Waals surface area contributed by atoms with Crippen LogP contribution < -0.4 is 5.32 Å². The Morgan fingerprint density at radius 2 is 1.77 bits per heavy atom. The van der Waals surface area contributed by atoms with Crippen molar-refractivity contribution in [2.45, 2.75) is 70.1 Å². The summed E-state index contributed by atoms with van der Waals surface area (Å²) in [5.41, 5.74) is 1.87. The van der Waals surface area contributed by atoms with Crippen molar-refractivity contribution in [3.63, 3.8) is 0 Å². The number of carbonyl (C=O) groups is 3. The maximum absolute atomic E-state index is 13.2. The molecule has 0 saturated carbocycles. The van der Waals surface area contributed by atoms with Gasteiger partial charge in [-0.25, -0.2) is 14.0 Å². The van der Waals surface area contributed by atoms with Crippen molar-refractivity contribution >= 4 is 26.0 Å². The van der Waals surface area contributed by atoms with Crippen LogP contribution in [0.2, 0.25) is 0 Å². The van der Waals surface area contributed by atoms with E-state index >= 15 is 0 Å². The molecule has 0 bridgehead atoms. The van der Waals surface area contributed by atoms with Gasteiger partial charge in [-0.1, -0.05) is 42.5 Å². The molecule has 0 spiro atoms. The van der Waals surface area contributed by atoms with Gasteiger partial charge < -0.3 is 24.6 Å². The van der Waals surface area contributed by atoms with Crippen molar-refractivity contribution in [3.05, 3.63) is 71.5 Å². The van der Waals surface area contributed by atoms with E-state index < -0.39 is 38.1 Å². The highest BCUT2D eigenvalue weighted by Gasteiger charge is 2.37. The summed E-state index contributed by atoms with van der Waals surface area (Å²) in [6, 6.07) is 14.7. The minimum atomic E-state index is -2.54. The fourth-order valence-corrected chi connectivity index (χ4v) is 5.78. The molecule has 1 unspecified atom stereocenters. The van der Waals surface area contributed by atoms with E-state index in [0.29, 0.717) is 57.8 Å². The van der Waals surface area contributed by atoms with E-state index in [1.807, 2.05) is 30.3 Å². The number of nitrogens with zero attached hydrogens (tertiary/aromatic N) is 1. The smallest absolute Gasteiger partial charge is 0.407 e. The molecular formula is C29H38FN2O7P. The molecule has 40 heavy (non-hydrogen) atoms. The Bertz CT molecular complexity index is 1120. The number of unbranched alkanes of at least 4 members (excludes halogenated alkanes) is 2. The average molecular weight is 577 g/mol. The van der Waals surface area contributed by atoms with Crippen LogP contribution in [0, 0.1) is 5.82 Å². The lowest BCUT2D eigenvalue weighted by Gasteiger charge is -2.26. The van der Waals surface area contributed by atoms with E-state index in [9.17, 15) is 28.4 Å². The van der Waals surface area contributed by atoms with Gasteiger partial charge in [0.15, 0.2) is 8.03 Å². The van der Waals surface area contributed by atoms with Gasteiger partial charge >= 0.3 is 12.1 Å². The third-order valence-corrected chi connectivity index (χ3v) is 8.06. The molecule has 1 fully saturated rings. The molecule has 9 nitrogen and oxygen atoms in total. The number of halogens is 1. The Kier molecular flexibility index (Phi) is 13.1. The van der Waals surface area contributed by atoms with Gasteiger partial charge in [0.2, 0.25) is 0 Å². The number of nitrogens with one attached hydrogen (secondary N) is 1. The Hall–Kier alpha value is -3.23. The standard InChI is InChI=1S/C29H38FN2O7P/c30-24-16-14-22(15-17-24)9-5-7-20-40(37)39-26(27(33)32-19-8-12-25(32)28(34)35)13-4-6-18-31-29(36)38-21-23-10-2-1-3-11-23/h1-3,10-11,14-17,25-26,40H,4-9,12-13,18-21H2,(H,31,36)(H,34,35)/t25-,26-/m0/s1. The summed E-state index contributed by atoms with van der Waals surface area (Å²) in [4.78, 5) is 38.1. The molecule has 2 amide bonds. The first-order valence-corrected chi connectivity index (χ1v) is 15.3. The lowest BCUT2D eigenvalue weighted by molar-refractivity contribution is -0.151. The Labute approximate surface area is 234 Å². The lowest BCUT2D eigenvalue weighted by Crippen LogP contribution is -2.45. The van der Waals surface area contributed by atoms with E-state index in [0.717, 1.165) is 17.5 Å². The maximum atomic E-state index is 13.2. The van der Waals surface area contributed by atoms with E-state index in [4.69, 9.17) is 9.26 Å².